The van der Waals surface area contributed by atoms with Crippen molar-refractivity contribution in [3.63, 3.8) is 0 Å². The molecule has 2 N–H and O–H groups in total. The van der Waals surface area contributed by atoms with Gasteiger partial charge in [-0.1, -0.05) is 30.3 Å². The van der Waals surface area contributed by atoms with Gasteiger partial charge >= 0.3 is 17.9 Å². The van der Waals surface area contributed by atoms with Crippen LogP contribution in [0.2, 0.25) is 0 Å². The predicted molar refractivity (Wildman–Crippen MR) is 110 cm³/mol. The van der Waals surface area contributed by atoms with Gasteiger partial charge in [-0.3, -0.25) is 0 Å². The van der Waals surface area contributed by atoms with Gasteiger partial charge in [0, 0.05) is 16.6 Å². The lowest BCUT2D eigenvalue weighted by Crippen LogP contribution is -2.15. The lowest BCUT2D eigenvalue weighted by Gasteiger charge is -2.11. The van der Waals surface area contributed by atoms with Crippen molar-refractivity contribution in [2.24, 2.45) is 0 Å². The molecule has 2 aromatic carbocycles. The second-order valence-electron chi connectivity index (χ2n) is 6.16. The molecule has 0 unspecified atom stereocenters. The van der Waals surface area contributed by atoms with Gasteiger partial charge in [0.15, 0.2) is 0 Å². The van der Waals surface area contributed by atoms with Crippen LogP contribution in [-0.2, 0) is 19.1 Å². The number of hydrogen-bond acceptors (Lipinski definition) is 7. The van der Waals surface area contributed by atoms with Gasteiger partial charge in [0.2, 0.25) is 0 Å². The third kappa shape index (κ3) is 4.44. The smallest absolute Gasteiger partial charge is 0.354 e. The van der Waals surface area contributed by atoms with Crippen molar-refractivity contribution >= 4 is 34.5 Å². The van der Waals surface area contributed by atoms with Crippen LogP contribution >= 0.6 is 0 Å². The standard InChI is InChI=1S/C22H18N2O6/c1-29-20(25)12-19(22(28)30-2)23-14-7-5-6-13(10-14)18-11-16(21(26)27)15-8-3-4-9-17(15)24-18/h3-12,23H,1-2H3,(H,26,27)/b19-12+. The van der Waals surface area contributed by atoms with Crippen LogP contribution in [0.3, 0.4) is 0 Å². The molecular formula is C22H18N2O6. The molecule has 8 heteroatoms. The lowest BCUT2D eigenvalue weighted by molar-refractivity contribution is -0.138. The number of hydrogen-bond donors (Lipinski definition) is 2. The predicted octanol–water partition coefficient (Wildman–Crippen LogP) is 3.24. The van der Waals surface area contributed by atoms with Gasteiger partial charge < -0.3 is 19.9 Å². The summed E-state index contributed by atoms with van der Waals surface area (Å²) in [6.07, 6.45) is 0.981. The molecule has 0 aliphatic carbocycles. The number of esters is 2. The Kier molecular flexibility index (Phi) is 6.07. The van der Waals surface area contributed by atoms with E-state index in [1.54, 1.807) is 48.5 Å². The molecule has 0 fully saturated rings. The third-order valence-electron chi connectivity index (χ3n) is 4.25. The van der Waals surface area contributed by atoms with E-state index in [9.17, 15) is 19.5 Å². The number of aromatic carboxylic acids is 1. The molecule has 0 aliphatic rings. The molecule has 0 bridgehead atoms. The summed E-state index contributed by atoms with van der Waals surface area (Å²) >= 11 is 0. The zero-order valence-electron chi connectivity index (χ0n) is 16.2. The van der Waals surface area contributed by atoms with Crippen molar-refractivity contribution in [2.75, 3.05) is 19.5 Å². The van der Waals surface area contributed by atoms with Crippen molar-refractivity contribution in [2.45, 2.75) is 0 Å². The van der Waals surface area contributed by atoms with Crippen LogP contribution in [0.25, 0.3) is 22.2 Å². The van der Waals surface area contributed by atoms with Crippen LogP contribution in [0.15, 0.2) is 66.4 Å². The van der Waals surface area contributed by atoms with E-state index in [2.05, 4.69) is 19.8 Å². The Bertz CT molecular complexity index is 1170. The minimum absolute atomic E-state index is 0.112. The molecule has 0 atom stereocenters. The van der Waals surface area contributed by atoms with E-state index in [1.807, 2.05) is 0 Å². The second kappa shape index (κ2) is 8.87. The average molecular weight is 406 g/mol. The number of fused-ring (bicyclic) bond motifs is 1. The Labute approximate surface area is 171 Å². The van der Waals surface area contributed by atoms with E-state index in [0.717, 1.165) is 6.08 Å². The van der Waals surface area contributed by atoms with Gasteiger partial charge in [-0.2, -0.15) is 0 Å². The number of aromatic nitrogens is 1. The van der Waals surface area contributed by atoms with Gasteiger partial charge in [-0.05, 0) is 24.3 Å². The number of carbonyl (C=O) groups is 3. The summed E-state index contributed by atoms with van der Waals surface area (Å²) in [6, 6.07) is 15.3. The van der Waals surface area contributed by atoms with Crippen LogP contribution in [-0.4, -0.2) is 42.2 Å². The first-order chi connectivity index (χ1) is 14.4. The van der Waals surface area contributed by atoms with Crippen LogP contribution in [0.4, 0.5) is 5.69 Å². The molecule has 8 nitrogen and oxygen atoms in total. The molecule has 1 heterocycles. The Hall–Kier alpha value is -4.20. The molecule has 0 amide bonds. The highest BCUT2D eigenvalue weighted by molar-refractivity contribution is 6.04. The van der Waals surface area contributed by atoms with Crippen LogP contribution in [0.5, 0.6) is 0 Å². The van der Waals surface area contributed by atoms with Crippen molar-refractivity contribution in [3.05, 3.63) is 71.9 Å². The second-order valence-corrected chi connectivity index (χ2v) is 6.16. The fourth-order valence-electron chi connectivity index (χ4n) is 2.84. The summed E-state index contributed by atoms with van der Waals surface area (Å²) < 4.78 is 9.23. The number of carboxylic acid groups (broad SMARTS) is 1. The maximum atomic E-state index is 12.0. The average Bonchev–Trinajstić information content (AvgIpc) is 2.77. The van der Waals surface area contributed by atoms with E-state index < -0.39 is 17.9 Å². The number of carbonyl (C=O) groups excluding carboxylic acids is 2. The van der Waals surface area contributed by atoms with Crippen LogP contribution < -0.4 is 5.32 Å². The molecule has 0 saturated heterocycles. The van der Waals surface area contributed by atoms with Crippen LogP contribution in [0.1, 0.15) is 10.4 Å². The number of carboxylic acids is 1. The Morgan fingerprint density at radius 3 is 2.47 bits per heavy atom. The summed E-state index contributed by atoms with van der Waals surface area (Å²) in [5, 5.41) is 12.9. The Morgan fingerprint density at radius 1 is 1.00 bits per heavy atom. The number of benzene rings is 2. The quantitative estimate of drug-likeness (QED) is 0.474. The number of para-hydroxylation sites is 1. The zero-order chi connectivity index (χ0) is 21.7. The normalized spacial score (nSPS) is 11.1. The number of ether oxygens (including phenoxy) is 2. The number of methoxy groups -OCH3 is 2. The van der Waals surface area contributed by atoms with E-state index in [1.165, 1.54) is 20.3 Å². The molecule has 3 rings (SSSR count). The number of pyridine rings is 1. The van der Waals surface area contributed by atoms with E-state index in [0.29, 0.717) is 27.8 Å². The molecule has 0 radical (unpaired) electrons. The van der Waals surface area contributed by atoms with Gasteiger partial charge in [-0.15, -0.1) is 0 Å². The fraction of sp³-hybridized carbons (Fsp3) is 0.0909. The first-order valence-corrected chi connectivity index (χ1v) is 8.81. The molecule has 3 aromatic rings. The minimum Gasteiger partial charge on any atom is -0.478 e. The maximum absolute atomic E-state index is 12.0. The van der Waals surface area contributed by atoms with Crippen molar-refractivity contribution < 1.29 is 29.0 Å². The molecule has 0 aliphatic heterocycles. The Morgan fingerprint density at radius 2 is 1.77 bits per heavy atom. The summed E-state index contributed by atoms with van der Waals surface area (Å²) in [5.41, 5.74) is 2.11. The molecule has 0 spiro atoms. The van der Waals surface area contributed by atoms with Crippen LogP contribution in [0, 0.1) is 0 Å². The first-order valence-electron chi connectivity index (χ1n) is 8.81. The molecule has 0 saturated carbocycles. The monoisotopic (exact) mass is 406 g/mol. The molecular weight excluding hydrogens is 388 g/mol. The Balaban J connectivity index is 2.03. The summed E-state index contributed by atoms with van der Waals surface area (Å²) in [5.74, 6) is -2.53. The third-order valence-corrected chi connectivity index (χ3v) is 4.25. The molecule has 152 valence electrons. The fourth-order valence-corrected chi connectivity index (χ4v) is 2.84. The SMILES string of the molecule is COC(=O)/C=C(/Nc1cccc(-c2cc(C(=O)O)c3ccccc3n2)c1)C(=O)OC. The van der Waals surface area contributed by atoms with E-state index in [4.69, 9.17) is 0 Å². The van der Waals surface area contributed by atoms with E-state index in [-0.39, 0.29) is 11.3 Å². The van der Waals surface area contributed by atoms with Crippen molar-refractivity contribution in [1.82, 2.24) is 4.98 Å². The lowest BCUT2D eigenvalue weighted by atomic mass is 10.0. The molecule has 30 heavy (non-hydrogen) atoms. The summed E-state index contributed by atoms with van der Waals surface area (Å²) in [7, 11) is 2.39. The zero-order valence-corrected chi connectivity index (χ0v) is 16.2. The first kappa shape index (κ1) is 20.5. The summed E-state index contributed by atoms with van der Waals surface area (Å²) in [4.78, 5) is 39.7. The highest BCUT2D eigenvalue weighted by atomic mass is 16.5. The van der Waals surface area contributed by atoms with Crippen molar-refractivity contribution in [3.8, 4) is 11.3 Å². The molecule has 1 aromatic heterocycles. The topological polar surface area (TPSA) is 115 Å². The highest BCUT2D eigenvalue weighted by Gasteiger charge is 2.15. The number of nitrogens with zero attached hydrogens (tertiary/aromatic N) is 1. The van der Waals surface area contributed by atoms with E-state index >= 15 is 0 Å². The summed E-state index contributed by atoms with van der Waals surface area (Å²) in [6.45, 7) is 0. The highest BCUT2D eigenvalue weighted by Crippen LogP contribution is 2.27. The van der Waals surface area contributed by atoms with Gasteiger partial charge in [0.05, 0.1) is 37.1 Å². The largest absolute Gasteiger partial charge is 0.478 e. The van der Waals surface area contributed by atoms with Gasteiger partial charge in [-0.25, -0.2) is 19.4 Å². The van der Waals surface area contributed by atoms with Gasteiger partial charge in [0.25, 0.3) is 0 Å². The number of nitrogens with one attached hydrogen (secondary N) is 1. The van der Waals surface area contributed by atoms with Crippen molar-refractivity contribution in [1.29, 1.82) is 0 Å². The number of anilines is 1. The van der Waals surface area contributed by atoms with Gasteiger partial charge in [0.1, 0.15) is 5.70 Å². The minimum atomic E-state index is -1.06. The maximum Gasteiger partial charge on any atom is 0.354 e. The number of rotatable bonds is 6.